The van der Waals surface area contributed by atoms with Crippen LogP contribution in [-0.2, 0) is 61.2 Å². The van der Waals surface area contributed by atoms with E-state index in [-0.39, 0.29) is 13.2 Å². The number of rotatable bonds is 13. The van der Waals surface area contributed by atoms with Crippen LogP contribution in [0, 0.1) is 0 Å². The van der Waals surface area contributed by atoms with Crippen molar-refractivity contribution < 1.29 is 70.8 Å². The molecule has 3 amide bonds. The molecular formula is C31H51N4O15P. The largest absolute Gasteiger partial charge is 0.476 e. The fraction of sp³-hybridized carbons (Fsp3) is 0.710. The number of ether oxygens (including phenoxy) is 6. The zero-order chi connectivity index (χ0) is 39.3. The molecule has 0 saturated heterocycles. The van der Waals surface area contributed by atoms with Gasteiger partial charge in [0.15, 0.2) is 18.3 Å². The minimum absolute atomic E-state index is 0.128. The van der Waals surface area contributed by atoms with Crippen molar-refractivity contribution in [3.63, 3.8) is 0 Å². The van der Waals surface area contributed by atoms with E-state index in [2.05, 4.69) is 20.9 Å². The van der Waals surface area contributed by atoms with Gasteiger partial charge in [0, 0.05) is 27.7 Å². The zero-order valence-electron chi connectivity index (χ0n) is 31.1. The first-order valence-electron chi connectivity index (χ1n) is 16.0. The maximum Gasteiger partial charge on any atom is 0.437 e. The Morgan fingerprint density at radius 3 is 1.84 bits per heavy atom. The number of alkyl carbamates (subject to hydrolysis) is 1. The van der Waals surface area contributed by atoms with Crippen molar-refractivity contribution in [2.75, 3.05) is 19.8 Å². The fourth-order valence-electron chi connectivity index (χ4n) is 4.37. The molecule has 0 radical (unpaired) electrons. The molecule has 20 heteroatoms. The first-order valence-corrected chi connectivity index (χ1v) is 17.5. The van der Waals surface area contributed by atoms with Gasteiger partial charge in [-0.3, -0.25) is 29.1 Å². The van der Waals surface area contributed by atoms with Crippen molar-refractivity contribution in [2.45, 2.75) is 125 Å². The van der Waals surface area contributed by atoms with E-state index in [1.165, 1.54) is 19.9 Å². The summed E-state index contributed by atoms with van der Waals surface area (Å²) in [4.78, 5) is 78.7. The molecule has 1 heterocycles. The quantitative estimate of drug-likeness (QED) is 0.0805. The molecule has 0 aliphatic carbocycles. The van der Waals surface area contributed by atoms with E-state index in [0.717, 1.165) is 27.7 Å². The smallest absolute Gasteiger partial charge is 0.437 e. The lowest BCUT2D eigenvalue weighted by Crippen LogP contribution is -2.65. The molecule has 19 nitrogen and oxygen atoms in total. The summed E-state index contributed by atoms with van der Waals surface area (Å²) >= 11 is 0. The highest BCUT2D eigenvalue weighted by atomic mass is 31.2. The van der Waals surface area contributed by atoms with Gasteiger partial charge < -0.3 is 48.1 Å². The Labute approximate surface area is 297 Å². The molecule has 0 bridgehead atoms. The Morgan fingerprint density at radius 2 is 1.39 bits per heavy atom. The third kappa shape index (κ3) is 16.6. The number of amides is 3. The molecule has 0 saturated carbocycles. The predicted molar refractivity (Wildman–Crippen MR) is 179 cm³/mol. The number of nitrogens with zero attached hydrogens (tertiary/aromatic N) is 1. The number of hydrogen-bond acceptors (Lipinski definition) is 15. The minimum atomic E-state index is -4.34. The second kappa shape index (κ2) is 19.4. The lowest BCUT2D eigenvalue weighted by Gasteiger charge is -2.43. The Kier molecular flexibility index (Phi) is 17.0. The van der Waals surface area contributed by atoms with Gasteiger partial charge in [0.05, 0.1) is 25.3 Å². The summed E-state index contributed by atoms with van der Waals surface area (Å²) in [5, 5.41) is 7.76. The SMILES string of the molecule is CCOP(=O)(OCC)C1=C[C@H](N/C(=N/C(=O)OC(C)(C)C)NC(=O)OC(C)(C)C)[C@@H](NC(C)=O)[C@H]([C@H](OC(C)=O)[C@@H](COC(C)=O)OC(C)=O)O1. The van der Waals surface area contributed by atoms with Gasteiger partial charge in [-0.15, -0.1) is 4.99 Å². The number of carbonyl (C=O) groups is 6. The van der Waals surface area contributed by atoms with Crippen molar-refractivity contribution >= 4 is 49.6 Å². The van der Waals surface area contributed by atoms with Crippen LogP contribution in [0.1, 0.15) is 83.1 Å². The monoisotopic (exact) mass is 750 g/mol. The predicted octanol–water partition coefficient (Wildman–Crippen LogP) is 3.20. The third-order valence-electron chi connectivity index (χ3n) is 5.84. The van der Waals surface area contributed by atoms with Crippen LogP contribution < -0.4 is 16.0 Å². The molecule has 1 rings (SSSR count). The fourth-order valence-corrected chi connectivity index (χ4v) is 5.97. The van der Waals surface area contributed by atoms with Gasteiger partial charge in [0.1, 0.15) is 17.8 Å². The molecular weight excluding hydrogens is 699 g/mol. The highest BCUT2D eigenvalue weighted by Gasteiger charge is 2.50. The molecule has 0 unspecified atom stereocenters. The van der Waals surface area contributed by atoms with Crippen LogP contribution in [-0.4, -0.2) is 103 Å². The van der Waals surface area contributed by atoms with E-state index < -0.39 is 103 Å². The topological polar surface area (TPSA) is 242 Å². The summed E-state index contributed by atoms with van der Waals surface area (Å²) in [6.07, 6.45) is -5.88. The van der Waals surface area contributed by atoms with Gasteiger partial charge in [0.25, 0.3) is 0 Å². The van der Waals surface area contributed by atoms with Crippen molar-refractivity contribution in [2.24, 2.45) is 4.99 Å². The summed E-state index contributed by atoms with van der Waals surface area (Å²) in [6, 6.07) is -2.75. The van der Waals surface area contributed by atoms with Gasteiger partial charge in [-0.25, -0.2) is 9.59 Å². The first-order chi connectivity index (χ1) is 23.4. The number of aliphatic imine (C=N–C) groups is 1. The Hall–Kier alpha value is -4.22. The Bertz CT molecular complexity index is 1380. The van der Waals surface area contributed by atoms with Gasteiger partial charge in [-0.1, -0.05) is 0 Å². The average Bonchev–Trinajstić information content (AvgIpc) is 2.92. The molecule has 290 valence electrons. The van der Waals surface area contributed by atoms with E-state index in [1.54, 1.807) is 41.5 Å². The average molecular weight is 751 g/mol. The van der Waals surface area contributed by atoms with Crippen molar-refractivity contribution in [3.8, 4) is 0 Å². The molecule has 51 heavy (non-hydrogen) atoms. The van der Waals surface area contributed by atoms with E-state index >= 15 is 0 Å². The molecule has 0 spiro atoms. The van der Waals surface area contributed by atoms with Crippen LogP contribution in [0.5, 0.6) is 0 Å². The van der Waals surface area contributed by atoms with Gasteiger partial charge in [-0.05, 0) is 61.5 Å². The lowest BCUT2D eigenvalue weighted by molar-refractivity contribution is -0.186. The van der Waals surface area contributed by atoms with E-state index in [0.29, 0.717) is 0 Å². The molecule has 1 aliphatic rings. The number of guanidine groups is 1. The van der Waals surface area contributed by atoms with Crippen LogP contribution in [0.4, 0.5) is 9.59 Å². The number of esters is 3. The highest BCUT2D eigenvalue weighted by Crippen LogP contribution is 2.58. The summed E-state index contributed by atoms with van der Waals surface area (Å²) in [7, 11) is -4.34. The number of hydrogen-bond donors (Lipinski definition) is 3. The summed E-state index contributed by atoms with van der Waals surface area (Å²) in [6.45, 7) is 16.1. The number of nitrogens with one attached hydrogen (secondary N) is 3. The second-order valence-corrected chi connectivity index (χ2v) is 14.9. The summed E-state index contributed by atoms with van der Waals surface area (Å²) in [5.41, 5.74) is -2.45. The molecule has 0 aromatic heterocycles. The summed E-state index contributed by atoms with van der Waals surface area (Å²) < 4.78 is 57.9. The van der Waals surface area contributed by atoms with Crippen LogP contribution in [0.15, 0.2) is 16.6 Å². The molecule has 3 N–H and O–H groups in total. The molecule has 0 fully saturated rings. The van der Waals surface area contributed by atoms with Crippen molar-refractivity contribution in [1.29, 1.82) is 0 Å². The van der Waals surface area contributed by atoms with Crippen molar-refractivity contribution in [3.05, 3.63) is 11.6 Å². The first kappa shape index (κ1) is 44.8. The van der Waals surface area contributed by atoms with Crippen LogP contribution in [0.25, 0.3) is 0 Å². The summed E-state index contributed by atoms with van der Waals surface area (Å²) in [5.74, 6) is -3.78. The normalized spacial score (nSPS) is 19.2. The van der Waals surface area contributed by atoms with Gasteiger partial charge >= 0.3 is 37.7 Å². The molecule has 1 aliphatic heterocycles. The van der Waals surface area contributed by atoms with Gasteiger partial charge in [0.2, 0.25) is 17.4 Å². The van der Waals surface area contributed by atoms with Crippen LogP contribution in [0.3, 0.4) is 0 Å². The highest BCUT2D eigenvalue weighted by molar-refractivity contribution is 7.58. The molecule has 0 aromatic rings. The Balaban J connectivity index is 4.11. The van der Waals surface area contributed by atoms with E-state index in [4.69, 9.17) is 37.5 Å². The minimum Gasteiger partial charge on any atom is -0.476 e. The molecule has 0 aromatic carbocycles. The lowest BCUT2D eigenvalue weighted by atomic mass is 9.92. The maximum atomic E-state index is 14.1. The van der Waals surface area contributed by atoms with Crippen LogP contribution >= 0.6 is 7.60 Å². The van der Waals surface area contributed by atoms with Crippen molar-refractivity contribution in [1.82, 2.24) is 16.0 Å². The standard InChI is InChI=1S/C31H51N4O15P/c1-13-44-51(42,45-14-2)23-15-21(33-27(34-28(40)49-30(7,8)9)35-29(41)50-31(10,11)12)24(32-17(3)36)26(48-23)25(47-20(6)39)22(46-19(5)38)16-43-18(4)37/h15,21-22,24-26H,13-14,16H2,1-12H3,(H,32,36)(H2,33,34,35,40,41)/t21-,22+,24+,25+,26+/m0/s1. The van der Waals surface area contributed by atoms with E-state index in [9.17, 15) is 33.3 Å². The molecule has 5 atom stereocenters. The second-order valence-electron chi connectivity index (χ2n) is 12.9. The maximum absolute atomic E-state index is 14.1. The van der Waals surface area contributed by atoms with E-state index in [1.807, 2.05) is 0 Å². The number of carbonyl (C=O) groups excluding carboxylic acids is 6. The van der Waals surface area contributed by atoms with Gasteiger partial charge in [-0.2, -0.15) is 0 Å². The zero-order valence-corrected chi connectivity index (χ0v) is 32.0. The Morgan fingerprint density at radius 1 is 0.843 bits per heavy atom. The third-order valence-corrected chi connectivity index (χ3v) is 7.83. The van der Waals surface area contributed by atoms with Crippen LogP contribution in [0.2, 0.25) is 0 Å².